The van der Waals surface area contributed by atoms with Gasteiger partial charge in [-0.15, -0.1) is 8.58 Å². The maximum atomic E-state index is 5.55. The third-order valence-electron chi connectivity index (χ3n) is 5.84. The summed E-state index contributed by atoms with van der Waals surface area (Å²) in [7, 11) is 2.52. The summed E-state index contributed by atoms with van der Waals surface area (Å²) in [6.45, 7) is 13.4. The average Bonchev–Trinajstić information content (AvgIpc) is 3.15. The highest BCUT2D eigenvalue weighted by atomic mass is 31.1. The molecule has 0 spiro atoms. The summed E-state index contributed by atoms with van der Waals surface area (Å²) in [6, 6.07) is 10.9. The molecule has 2 aromatic carbocycles. The Labute approximate surface area is 170 Å². The lowest BCUT2D eigenvalue weighted by Crippen LogP contribution is -2.16. The van der Waals surface area contributed by atoms with E-state index in [1.54, 1.807) is 7.11 Å². The van der Waals surface area contributed by atoms with Crippen LogP contribution >= 0.6 is 8.58 Å². The van der Waals surface area contributed by atoms with Gasteiger partial charge in [-0.25, -0.2) is 4.98 Å². The average molecular weight is 394 g/mol. The van der Waals surface area contributed by atoms with E-state index in [4.69, 9.17) is 9.72 Å². The van der Waals surface area contributed by atoms with Crippen molar-refractivity contribution in [3.05, 3.63) is 65.0 Å². The number of ether oxygens (including phenoxy) is 1. The molecule has 0 amide bonds. The van der Waals surface area contributed by atoms with E-state index in [1.807, 2.05) is 12.3 Å². The number of hydrogen-bond acceptors (Lipinski definition) is 2. The number of benzene rings is 2. The first-order valence-corrected chi connectivity index (χ1v) is 11.3. The predicted molar refractivity (Wildman–Crippen MR) is 122 cm³/mol. The molecule has 0 saturated heterocycles. The number of imidazole rings is 1. The minimum absolute atomic E-state index is 0.0953. The Kier molecular flexibility index (Phi) is 5.95. The zero-order chi connectivity index (χ0) is 20.5. The number of aromatic nitrogens is 2. The van der Waals surface area contributed by atoms with Crippen molar-refractivity contribution in [1.29, 1.82) is 0 Å². The summed E-state index contributed by atoms with van der Waals surface area (Å²) in [5.41, 5.74) is 7.53. The fraction of sp³-hybridized carbons (Fsp3) is 0.375. The molecule has 0 saturated carbocycles. The van der Waals surface area contributed by atoms with E-state index in [1.165, 1.54) is 33.5 Å². The molecule has 1 aromatic heterocycles. The standard InChI is InChI=1S/C24H31N2OP/c1-8-24(5,28-7)21-15-19(27-6)9-10-20(21)23-25-11-12-26(23)22-17(3)13-16(2)14-18(22)4/h9-15,28H,8H2,1-7H3. The molecule has 0 aliphatic rings. The molecule has 3 rings (SSSR count). The summed E-state index contributed by atoms with van der Waals surface area (Å²) in [6.07, 6.45) is 5.05. The third kappa shape index (κ3) is 3.61. The molecule has 148 valence electrons. The van der Waals surface area contributed by atoms with Crippen LogP contribution in [-0.4, -0.2) is 23.3 Å². The van der Waals surface area contributed by atoms with Gasteiger partial charge in [-0.2, -0.15) is 0 Å². The highest BCUT2D eigenvalue weighted by molar-refractivity contribution is 7.38. The van der Waals surface area contributed by atoms with Gasteiger partial charge in [-0.3, -0.25) is 4.57 Å². The highest BCUT2D eigenvalue weighted by Gasteiger charge is 2.28. The molecule has 0 fully saturated rings. The van der Waals surface area contributed by atoms with Crippen molar-refractivity contribution in [3.8, 4) is 22.8 Å². The van der Waals surface area contributed by atoms with Crippen LogP contribution < -0.4 is 4.74 Å². The Morgan fingerprint density at radius 3 is 2.36 bits per heavy atom. The lowest BCUT2D eigenvalue weighted by Gasteiger charge is -2.30. The van der Waals surface area contributed by atoms with Crippen molar-refractivity contribution >= 4 is 8.58 Å². The van der Waals surface area contributed by atoms with Crippen LogP contribution in [0.25, 0.3) is 17.1 Å². The molecule has 3 aromatic rings. The Hall–Kier alpha value is -2.12. The van der Waals surface area contributed by atoms with Crippen LogP contribution in [0, 0.1) is 20.8 Å². The summed E-state index contributed by atoms with van der Waals surface area (Å²) in [5, 5.41) is 0.0953. The molecule has 2 atom stereocenters. The maximum Gasteiger partial charge on any atom is 0.144 e. The summed E-state index contributed by atoms with van der Waals surface area (Å²) >= 11 is 0. The minimum atomic E-state index is 0.0953. The van der Waals surface area contributed by atoms with Crippen LogP contribution in [0.1, 0.15) is 42.5 Å². The first kappa shape index (κ1) is 20.6. The number of nitrogens with zero attached hydrogens (tertiary/aromatic N) is 2. The van der Waals surface area contributed by atoms with Gasteiger partial charge in [0.1, 0.15) is 11.6 Å². The van der Waals surface area contributed by atoms with Gasteiger partial charge in [0.05, 0.1) is 12.8 Å². The van der Waals surface area contributed by atoms with Crippen LogP contribution in [0.15, 0.2) is 42.7 Å². The van der Waals surface area contributed by atoms with Crippen LogP contribution in [0.5, 0.6) is 5.75 Å². The van der Waals surface area contributed by atoms with E-state index in [2.05, 4.69) is 76.3 Å². The molecule has 0 aliphatic carbocycles. The Morgan fingerprint density at radius 2 is 1.79 bits per heavy atom. The smallest absolute Gasteiger partial charge is 0.144 e. The minimum Gasteiger partial charge on any atom is -0.497 e. The summed E-state index contributed by atoms with van der Waals surface area (Å²) in [5.74, 6) is 1.89. The van der Waals surface area contributed by atoms with E-state index in [0.29, 0.717) is 0 Å². The van der Waals surface area contributed by atoms with Gasteiger partial charge < -0.3 is 4.74 Å². The monoisotopic (exact) mass is 394 g/mol. The van der Waals surface area contributed by atoms with Crippen LogP contribution in [0.4, 0.5) is 0 Å². The summed E-state index contributed by atoms with van der Waals surface area (Å²) in [4.78, 5) is 4.79. The largest absolute Gasteiger partial charge is 0.497 e. The number of rotatable bonds is 6. The number of aryl methyl sites for hydroxylation is 3. The van der Waals surface area contributed by atoms with E-state index in [-0.39, 0.29) is 5.16 Å². The molecule has 3 nitrogen and oxygen atoms in total. The lowest BCUT2D eigenvalue weighted by atomic mass is 9.91. The number of hydrogen-bond donors (Lipinski definition) is 0. The second kappa shape index (κ2) is 8.09. The predicted octanol–water partition coefficient (Wildman–Crippen LogP) is 6.41. The van der Waals surface area contributed by atoms with E-state index in [9.17, 15) is 0 Å². The fourth-order valence-electron chi connectivity index (χ4n) is 4.04. The van der Waals surface area contributed by atoms with E-state index in [0.717, 1.165) is 26.6 Å². The van der Waals surface area contributed by atoms with Crippen molar-refractivity contribution in [2.75, 3.05) is 13.8 Å². The molecular formula is C24H31N2OP. The van der Waals surface area contributed by atoms with Gasteiger partial charge in [-0.05, 0) is 68.7 Å². The van der Waals surface area contributed by atoms with Crippen molar-refractivity contribution in [3.63, 3.8) is 0 Å². The molecule has 0 radical (unpaired) electrons. The second-order valence-corrected chi connectivity index (χ2v) is 9.32. The zero-order valence-corrected chi connectivity index (χ0v) is 19.1. The molecule has 28 heavy (non-hydrogen) atoms. The SMILES string of the molecule is CCC(C)(PC)c1cc(OC)ccc1-c1nccn1-c1c(C)cc(C)cc1C. The Balaban J connectivity index is 2.27. The first-order valence-electron chi connectivity index (χ1n) is 9.84. The maximum absolute atomic E-state index is 5.55. The Morgan fingerprint density at radius 1 is 1.11 bits per heavy atom. The van der Waals surface area contributed by atoms with Gasteiger partial charge in [0.25, 0.3) is 0 Å². The molecule has 0 N–H and O–H groups in total. The fourth-order valence-corrected chi connectivity index (χ4v) is 4.87. The highest BCUT2D eigenvalue weighted by Crippen LogP contribution is 2.47. The second-order valence-electron chi connectivity index (χ2n) is 7.72. The van der Waals surface area contributed by atoms with Crippen molar-refractivity contribution in [1.82, 2.24) is 9.55 Å². The van der Waals surface area contributed by atoms with Gasteiger partial charge in [0.15, 0.2) is 0 Å². The van der Waals surface area contributed by atoms with Crippen LogP contribution in [0.2, 0.25) is 0 Å². The van der Waals surface area contributed by atoms with Crippen molar-refractivity contribution in [2.45, 2.75) is 46.2 Å². The number of methoxy groups -OCH3 is 1. The molecule has 0 bridgehead atoms. The summed E-state index contributed by atoms with van der Waals surface area (Å²) < 4.78 is 7.79. The quantitative estimate of drug-likeness (QED) is 0.452. The van der Waals surface area contributed by atoms with Gasteiger partial charge in [0, 0.05) is 23.1 Å². The molecule has 0 aliphatic heterocycles. The van der Waals surface area contributed by atoms with Gasteiger partial charge in [-0.1, -0.05) is 31.5 Å². The van der Waals surface area contributed by atoms with Crippen LogP contribution in [0.3, 0.4) is 0 Å². The van der Waals surface area contributed by atoms with Crippen molar-refractivity contribution < 1.29 is 4.74 Å². The third-order valence-corrected chi connectivity index (χ3v) is 7.56. The van der Waals surface area contributed by atoms with Gasteiger partial charge in [0.2, 0.25) is 0 Å². The topological polar surface area (TPSA) is 27.1 Å². The molecular weight excluding hydrogens is 363 g/mol. The lowest BCUT2D eigenvalue weighted by molar-refractivity contribution is 0.413. The molecule has 1 heterocycles. The van der Waals surface area contributed by atoms with Gasteiger partial charge >= 0.3 is 0 Å². The van der Waals surface area contributed by atoms with Crippen molar-refractivity contribution in [2.24, 2.45) is 0 Å². The molecule has 4 heteroatoms. The van der Waals surface area contributed by atoms with E-state index >= 15 is 0 Å². The Bertz CT molecular complexity index is 963. The zero-order valence-electron chi connectivity index (χ0n) is 18.1. The molecule has 2 unspecified atom stereocenters. The van der Waals surface area contributed by atoms with Crippen LogP contribution in [-0.2, 0) is 5.16 Å². The normalized spacial score (nSPS) is 13.8. The first-order chi connectivity index (χ1) is 13.3. The van der Waals surface area contributed by atoms with E-state index < -0.39 is 0 Å².